The molecule has 1 fully saturated rings. The summed E-state index contributed by atoms with van der Waals surface area (Å²) in [6, 6.07) is 25.0. The molecule has 0 aliphatic carbocycles. The molecule has 0 bridgehead atoms. The predicted octanol–water partition coefficient (Wildman–Crippen LogP) is 7.03. The lowest BCUT2D eigenvalue weighted by molar-refractivity contribution is 0.123. The number of H-pyrrole nitrogens is 1. The maximum atomic E-state index is 15.4. The molecule has 1 aliphatic rings. The Kier molecular flexibility index (Phi) is 7.25. The van der Waals surface area contributed by atoms with Crippen LogP contribution >= 0.6 is 0 Å². The Balaban J connectivity index is 1.33. The number of para-hydroxylation sites is 1. The van der Waals surface area contributed by atoms with Gasteiger partial charge in [-0.15, -0.1) is 0 Å². The monoisotopic (exact) mass is 540 g/mol. The van der Waals surface area contributed by atoms with Gasteiger partial charge in [0.05, 0.1) is 25.3 Å². The zero-order chi connectivity index (χ0) is 27.5. The highest BCUT2D eigenvalue weighted by Gasteiger charge is 2.23. The van der Waals surface area contributed by atoms with Crippen molar-refractivity contribution in [2.24, 2.45) is 0 Å². The van der Waals surface area contributed by atoms with E-state index in [9.17, 15) is 9.90 Å². The SMILES string of the molecule is O=C(O)Oc1[nH]c2c(-c3ccccc3N3CCOCC3)ccc(F)c2c1CCCOc1cccc2ccccc12. The summed E-state index contributed by atoms with van der Waals surface area (Å²) in [5.41, 5.74) is 3.68. The minimum absolute atomic E-state index is 0.0304. The molecule has 8 heteroatoms. The van der Waals surface area contributed by atoms with E-state index in [1.807, 2.05) is 66.7 Å². The summed E-state index contributed by atoms with van der Waals surface area (Å²) >= 11 is 0. The number of aromatic nitrogens is 1. The number of rotatable bonds is 8. The third-order valence-electron chi connectivity index (χ3n) is 7.28. The van der Waals surface area contributed by atoms with Crippen molar-refractivity contribution in [3.05, 3.63) is 90.2 Å². The van der Waals surface area contributed by atoms with Gasteiger partial charge in [0.1, 0.15) is 11.6 Å². The second-order valence-corrected chi connectivity index (χ2v) is 9.69. The van der Waals surface area contributed by atoms with Crippen molar-refractivity contribution in [2.45, 2.75) is 12.8 Å². The van der Waals surface area contributed by atoms with Gasteiger partial charge in [0, 0.05) is 46.2 Å². The second kappa shape index (κ2) is 11.3. The summed E-state index contributed by atoms with van der Waals surface area (Å²) in [5.74, 6) is 0.360. The van der Waals surface area contributed by atoms with Crippen molar-refractivity contribution >= 4 is 33.5 Å². The standard InChI is InChI=1S/C32H29FN2O5/c33-26-15-14-24(23-10-3-4-12-27(23)35-16-19-38-20-17-35)30-29(26)25(31(34-30)40-32(36)37)11-6-18-39-28-13-5-8-21-7-1-2-9-22(21)28/h1-5,7-10,12-15,34H,6,11,16-20H2,(H,36,37). The number of anilines is 1. The maximum absolute atomic E-state index is 15.4. The Hall–Kier alpha value is -4.56. The van der Waals surface area contributed by atoms with E-state index in [0.717, 1.165) is 46.4 Å². The van der Waals surface area contributed by atoms with Crippen molar-refractivity contribution < 1.29 is 28.5 Å². The first-order valence-corrected chi connectivity index (χ1v) is 13.4. The molecular formula is C32H29FN2O5. The number of aryl methyl sites for hydroxylation is 1. The van der Waals surface area contributed by atoms with Gasteiger partial charge in [-0.1, -0.05) is 54.6 Å². The van der Waals surface area contributed by atoms with Crippen molar-refractivity contribution in [1.29, 1.82) is 0 Å². The molecule has 6 rings (SSSR count). The number of nitrogens with one attached hydrogen (secondary N) is 1. The van der Waals surface area contributed by atoms with Gasteiger partial charge in [-0.05, 0) is 42.5 Å². The molecule has 0 atom stereocenters. The van der Waals surface area contributed by atoms with Crippen LogP contribution in [0, 0.1) is 5.82 Å². The molecule has 204 valence electrons. The molecule has 1 saturated heterocycles. The largest absolute Gasteiger partial charge is 0.512 e. The maximum Gasteiger partial charge on any atom is 0.512 e. The average molecular weight is 541 g/mol. The fraction of sp³-hybridized carbons (Fsp3) is 0.219. The summed E-state index contributed by atoms with van der Waals surface area (Å²) in [6.07, 6.45) is -0.575. The van der Waals surface area contributed by atoms with E-state index in [0.29, 0.717) is 49.1 Å². The fourth-order valence-electron chi connectivity index (χ4n) is 5.48. The number of nitrogens with zero attached hydrogens (tertiary/aromatic N) is 1. The predicted molar refractivity (Wildman–Crippen MR) is 153 cm³/mol. The second-order valence-electron chi connectivity index (χ2n) is 9.69. The van der Waals surface area contributed by atoms with E-state index >= 15 is 4.39 Å². The fourth-order valence-corrected chi connectivity index (χ4v) is 5.48. The first kappa shape index (κ1) is 25.7. The van der Waals surface area contributed by atoms with Crippen LogP contribution in [0.25, 0.3) is 32.8 Å². The molecule has 4 aromatic carbocycles. The van der Waals surface area contributed by atoms with Crippen LogP contribution < -0.4 is 14.4 Å². The molecule has 1 aliphatic heterocycles. The normalized spacial score (nSPS) is 13.6. The molecule has 0 saturated carbocycles. The van der Waals surface area contributed by atoms with Gasteiger partial charge >= 0.3 is 6.16 Å². The third kappa shape index (κ3) is 5.05. The van der Waals surface area contributed by atoms with Crippen molar-refractivity contribution in [3.63, 3.8) is 0 Å². The van der Waals surface area contributed by atoms with Gasteiger partial charge in [-0.2, -0.15) is 0 Å². The Labute approximate surface area is 230 Å². The molecule has 40 heavy (non-hydrogen) atoms. The van der Waals surface area contributed by atoms with E-state index in [4.69, 9.17) is 14.2 Å². The number of fused-ring (bicyclic) bond motifs is 2. The molecule has 1 aromatic heterocycles. The Morgan fingerprint density at radius 1 is 0.950 bits per heavy atom. The number of morpholine rings is 1. The van der Waals surface area contributed by atoms with Crippen molar-refractivity contribution in [2.75, 3.05) is 37.8 Å². The zero-order valence-electron chi connectivity index (χ0n) is 21.9. The highest BCUT2D eigenvalue weighted by Crippen LogP contribution is 2.40. The molecular weight excluding hydrogens is 511 g/mol. The lowest BCUT2D eigenvalue weighted by Gasteiger charge is -2.30. The smallest absolute Gasteiger partial charge is 0.493 e. The van der Waals surface area contributed by atoms with Gasteiger partial charge < -0.3 is 29.2 Å². The van der Waals surface area contributed by atoms with Crippen molar-refractivity contribution in [3.8, 4) is 22.8 Å². The number of hydrogen-bond donors (Lipinski definition) is 2. The van der Waals surface area contributed by atoms with Gasteiger partial charge in [0.15, 0.2) is 0 Å². The highest BCUT2D eigenvalue weighted by atomic mass is 19.1. The van der Waals surface area contributed by atoms with Crippen LogP contribution in [0.15, 0.2) is 78.9 Å². The van der Waals surface area contributed by atoms with Crippen LogP contribution in [0.1, 0.15) is 12.0 Å². The van der Waals surface area contributed by atoms with E-state index in [2.05, 4.69) is 9.88 Å². The Morgan fingerprint density at radius 3 is 2.58 bits per heavy atom. The summed E-state index contributed by atoms with van der Waals surface area (Å²) in [7, 11) is 0. The molecule has 0 spiro atoms. The van der Waals surface area contributed by atoms with E-state index in [1.54, 1.807) is 6.07 Å². The quantitative estimate of drug-likeness (QED) is 0.162. The summed E-state index contributed by atoms with van der Waals surface area (Å²) in [5, 5.41) is 11.9. The lowest BCUT2D eigenvalue weighted by Crippen LogP contribution is -2.36. The molecule has 0 amide bonds. The summed E-state index contributed by atoms with van der Waals surface area (Å²) in [4.78, 5) is 16.9. The first-order valence-electron chi connectivity index (χ1n) is 13.4. The van der Waals surface area contributed by atoms with Gasteiger partial charge in [-0.3, -0.25) is 0 Å². The number of hydrogen-bond acceptors (Lipinski definition) is 5. The number of halogens is 1. The zero-order valence-corrected chi connectivity index (χ0v) is 21.9. The summed E-state index contributed by atoms with van der Waals surface area (Å²) in [6.45, 7) is 3.14. The third-order valence-corrected chi connectivity index (χ3v) is 7.28. The van der Waals surface area contributed by atoms with Crippen LogP contribution in [0.3, 0.4) is 0 Å². The average Bonchev–Trinajstić information content (AvgIpc) is 3.34. The van der Waals surface area contributed by atoms with E-state index < -0.39 is 12.0 Å². The van der Waals surface area contributed by atoms with Crippen LogP contribution in [0.2, 0.25) is 0 Å². The molecule has 2 heterocycles. The van der Waals surface area contributed by atoms with Crippen molar-refractivity contribution in [1.82, 2.24) is 4.98 Å². The lowest BCUT2D eigenvalue weighted by atomic mass is 9.98. The van der Waals surface area contributed by atoms with Gasteiger partial charge in [0.2, 0.25) is 5.88 Å². The number of ether oxygens (including phenoxy) is 3. The van der Waals surface area contributed by atoms with Gasteiger partial charge in [-0.25, -0.2) is 9.18 Å². The molecule has 0 unspecified atom stereocenters. The number of carbonyl (C=O) groups is 1. The van der Waals surface area contributed by atoms with Crippen LogP contribution in [0.4, 0.5) is 14.9 Å². The van der Waals surface area contributed by atoms with E-state index in [1.165, 1.54) is 6.07 Å². The number of aromatic amines is 1. The Bertz CT molecular complexity index is 1670. The topological polar surface area (TPSA) is 84.0 Å². The van der Waals surface area contributed by atoms with Crippen LogP contribution in [0.5, 0.6) is 11.6 Å². The minimum atomic E-state index is -1.46. The Morgan fingerprint density at radius 2 is 1.73 bits per heavy atom. The number of benzene rings is 4. The van der Waals surface area contributed by atoms with Crippen LogP contribution in [-0.4, -0.2) is 49.2 Å². The first-order chi connectivity index (χ1) is 19.6. The molecule has 5 aromatic rings. The minimum Gasteiger partial charge on any atom is -0.493 e. The summed E-state index contributed by atoms with van der Waals surface area (Å²) < 4.78 is 32.1. The van der Waals surface area contributed by atoms with Gasteiger partial charge in [0.25, 0.3) is 0 Å². The molecule has 0 radical (unpaired) electrons. The van der Waals surface area contributed by atoms with Crippen LogP contribution in [-0.2, 0) is 11.2 Å². The molecule has 7 nitrogen and oxygen atoms in total. The highest BCUT2D eigenvalue weighted by molar-refractivity contribution is 6.01. The van der Waals surface area contributed by atoms with E-state index in [-0.39, 0.29) is 5.88 Å². The molecule has 2 N–H and O–H groups in total. The number of carboxylic acid groups (broad SMARTS) is 1.